The summed E-state index contributed by atoms with van der Waals surface area (Å²) in [6.07, 6.45) is 0.839. The molecule has 1 aromatic heterocycles. The molecule has 0 spiro atoms. The van der Waals surface area contributed by atoms with Crippen LogP contribution in [0.25, 0.3) is 0 Å². The summed E-state index contributed by atoms with van der Waals surface area (Å²) in [5, 5.41) is 15.5. The van der Waals surface area contributed by atoms with Crippen molar-refractivity contribution in [3.63, 3.8) is 0 Å². The second-order valence-electron chi connectivity index (χ2n) is 7.25. The second-order valence-corrected chi connectivity index (χ2v) is 9.01. The van der Waals surface area contributed by atoms with E-state index in [1.807, 2.05) is 36.6 Å². The van der Waals surface area contributed by atoms with Gasteiger partial charge in [-0.25, -0.2) is 0 Å². The van der Waals surface area contributed by atoms with E-state index < -0.39 is 0 Å². The normalized spacial score (nSPS) is 10.8. The van der Waals surface area contributed by atoms with Gasteiger partial charge in [0.05, 0.1) is 22.3 Å². The van der Waals surface area contributed by atoms with Gasteiger partial charge < -0.3 is 15.2 Å². The maximum absolute atomic E-state index is 12.6. The molecule has 33 heavy (non-hydrogen) atoms. The van der Waals surface area contributed by atoms with Gasteiger partial charge in [0, 0.05) is 17.8 Å². The molecule has 0 aliphatic rings. The Bertz CT molecular complexity index is 1170. The molecule has 2 aromatic carbocycles. The van der Waals surface area contributed by atoms with Crippen molar-refractivity contribution >= 4 is 52.5 Å². The van der Waals surface area contributed by atoms with Crippen molar-refractivity contribution in [3.8, 4) is 0 Å². The highest BCUT2D eigenvalue weighted by molar-refractivity contribution is 7.99. The molecule has 1 heterocycles. The number of rotatable bonds is 9. The molecule has 174 valence electrons. The summed E-state index contributed by atoms with van der Waals surface area (Å²) in [5.74, 6) is 0.397. The van der Waals surface area contributed by atoms with Gasteiger partial charge in [0.2, 0.25) is 5.91 Å². The molecule has 0 aliphatic carbocycles. The van der Waals surface area contributed by atoms with Crippen LogP contribution in [0.3, 0.4) is 0 Å². The minimum absolute atomic E-state index is 0.107. The van der Waals surface area contributed by atoms with Crippen LogP contribution in [-0.2, 0) is 24.3 Å². The quantitative estimate of drug-likeness (QED) is 0.393. The third-order valence-corrected chi connectivity index (χ3v) is 6.74. The molecule has 3 rings (SSSR count). The van der Waals surface area contributed by atoms with Crippen molar-refractivity contribution in [3.05, 3.63) is 69.0 Å². The lowest BCUT2D eigenvalue weighted by Gasteiger charge is -2.13. The first kappa shape index (κ1) is 25.1. The Balaban J connectivity index is 1.60. The largest absolute Gasteiger partial charge is 0.345 e. The van der Waals surface area contributed by atoms with E-state index in [0.717, 1.165) is 23.2 Å². The number of nitrogens with one attached hydrogen (secondary N) is 2. The lowest BCUT2D eigenvalue weighted by Crippen LogP contribution is -2.24. The Morgan fingerprint density at radius 1 is 1.09 bits per heavy atom. The van der Waals surface area contributed by atoms with E-state index in [4.69, 9.17) is 23.2 Å². The molecular weight excluding hydrogens is 481 g/mol. The van der Waals surface area contributed by atoms with E-state index in [-0.39, 0.29) is 24.1 Å². The van der Waals surface area contributed by atoms with Crippen LogP contribution >= 0.6 is 35.0 Å². The number of halogens is 2. The van der Waals surface area contributed by atoms with E-state index in [1.54, 1.807) is 12.1 Å². The molecular formula is C23H25Cl2N5O2S. The number of benzene rings is 2. The zero-order chi connectivity index (χ0) is 24.0. The topological polar surface area (TPSA) is 88.9 Å². The maximum Gasteiger partial charge on any atom is 0.251 e. The van der Waals surface area contributed by atoms with E-state index in [0.29, 0.717) is 33.1 Å². The number of carbonyl (C=O) groups is 2. The number of hydrogen-bond donors (Lipinski definition) is 2. The SMILES string of the molecule is CCc1cccc(C)c1NC(=O)CSc1nnc(CNC(=O)c2ccc(Cl)c(Cl)c2)n1CC. The number of aryl methyl sites for hydroxylation is 2. The minimum Gasteiger partial charge on any atom is -0.345 e. The average molecular weight is 506 g/mol. The van der Waals surface area contributed by atoms with Crippen LogP contribution in [-0.4, -0.2) is 32.3 Å². The van der Waals surface area contributed by atoms with Gasteiger partial charge in [-0.05, 0) is 49.6 Å². The predicted octanol–water partition coefficient (Wildman–Crippen LogP) is 5.14. The van der Waals surface area contributed by atoms with Crippen LogP contribution in [0.2, 0.25) is 10.0 Å². The van der Waals surface area contributed by atoms with Gasteiger partial charge >= 0.3 is 0 Å². The average Bonchev–Trinajstić information content (AvgIpc) is 3.20. The lowest BCUT2D eigenvalue weighted by atomic mass is 10.1. The van der Waals surface area contributed by atoms with E-state index in [9.17, 15) is 9.59 Å². The van der Waals surface area contributed by atoms with Crippen molar-refractivity contribution < 1.29 is 9.59 Å². The Kier molecular flexibility index (Phi) is 8.77. The number of nitrogens with zero attached hydrogens (tertiary/aromatic N) is 3. The zero-order valence-corrected chi connectivity index (χ0v) is 20.9. The molecule has 3 aromatic rings. The summed E-state index contributed by atoms with van der Waals surface area (Å²) in [6, 6.07) is 10.7. The third kappa shape index (κ3) is 6.28. The van der Waals surface area contributed by atoms with Gasteiger partial charge in [-0.2, -0.15) is 0 Å². The lowest BCUT2D eigenvalue weighted by molar-refractivity contribution is -0.113. The number of thioether (sulfide) groups is 1. The molecule has 10 heteroatoms. The number of anilines is 1. The van der Waals surface area contributed by atoms with Gasteiger partial charge in [-0.15, -0.1) is 10.2 Å². The molecule has 0 bridgehead atoms. The maximum atomic E-state index is 12.6. The molecule has 0 atom stereocenters. The molecule has 2 N–H and O–H groups in total. The van der Waals surface area contributed by atoms with Crippen LogP contribution in [0.4, 0.5) is 5.69 Å². The summed E-state index contributed by atoms with van der Waals surface area (Å²) < 4.78 is 1.87. The molecule has 0 unspecified atom stereocenters. The van der Waals surface area contributed by atoms with Crippen molar-refractivity contribution in [1.29, 1.82) is 0 Å². The number of carbonyl (C=O) groups excluding carboxylic acids is 2. The van der Waals surface area contributed by atoms with Crippen molar-refractivity contribution in [2.24, 2.45) is 0 Å². The van der Waals surface area contributed by atoms with Crippen LogP contribution in [0.1, 0.15) is 41.2 Å². The van der Waals surface area contributed by atoms with Crippen molar-refractivity contribution in [1.82, 2.24) is 20.1 Å². The van der Waals surface area contributed by atoms with Crippen LogP contribution in [0.15, 0.2) is 41.6 Å². The number of para-hydroxylation sites is 1. The van der Waals surface area contributed by atoms with Crippen LogP contribution in [0, 0.1) is 6.92 Å². The summed E-state index contributed by atoms with van der Waals surface area (Å²) >= 11 is 13.2. The number of amides is 2. The van der Waals surface area contributed by atoms with Gasteiger partial charge in [-0.3, -0.25) is 9.59 Å². The Labute approximate surface area is 207 Å². The van der Waals surface area contributed by atoms with E-state index >= 15 is 0 Å². The molecule has 0 saturated heterocycles. The fourth-order valence-electron chi connectivity index (χ4n) is 3.28. The third-order valence-electron chi connectivity index (χ3n) is 5.04. The van der Waals surface area contributed by atoms with Crippen LogP contribution < -0.4 is 10.6 Å². The summed E-state index contributed by atoms with van der Waals surface area (Å²) in [4.78, 5) is 25.0. The highest BCUT2D eigenvalue weighted by Crippen LogP contribution is 2.24. The molecule has 2 amide bonds. The van der Waals surface area contributed by atoms with Crippen LogP contribution in [0.5, 0.6) is 0 Å². The summed E-state index contributed by atoms with van der Waals surface area (Å²) in [7, 11) is 0. The van der Waals surface area contributed by atoms with Gasteiger partial charge in [-0.1, -0.05) is 60.1 Å². The van der Waals surface area contributed by atoms with Gasteiger partial charge in [0.15, 0.2) is 11.0 Å². The minimum atomic E-state index is -0.294. The monoisotopic (exact) mass is 505 g/mol. The molecule has 0 saturated carbocycles. The summed E-state index contributed by atoms with van der Waals surface area (Å²) in [6.45, 7) is 6.79. The first-order chi connectivity index (χ1) is 15.8. The zero-order valence-electron chi connectivity index (χ0n) is 18.6. The Hall–Kier alpha value is -2.55. The predicted molar refractivity (Wildman–Crippen MR) is 133 cm³/mol. The molecule has 0 aliphatic heterocycles. The standard InChI is InChI=1S/C23H25Cl2N5O2S/c1-4-15-8-6-7-14(3)21(15)27-20(31)13-33-23-29-28-19(30(23)5-2)12-26-22(32)16-9-10-17(24)18(25)11-16/h6-11H,4-5,12-13H2,1-3H3,(H,26,32)(H,27,31). The van der Waals surface area contributed by atoms with E-state index in [2.05, 4.69) is 27.8 Å². The molecule has 0 fully saturated rings. The second kappa shape index (κ2) is 11.5. The fourth-order valence-corrected chi connectivity index (χ4v) is 4.40. The van der Waals surface area contributed by atoms with Gasteiger partial charge in [0.1, 0.15) is 0 Å². The number of hydrogen-bond acceptors (Lipinski definition) is 5. The van der Waals surface area contributed by atoms with E-state index in [1.165, 1.54) is 17.8 Å². The Morgan fingerprint density at radius 2 is 1.88 bits per heavy atom. The van der Waals surface area contributed by atoms with Crippen molar-refractivity contribution in [2.45, 2.75) is 45.4 Å². The first-order valence-corrected chi connectivity index (χ1v) is 12.2. The molecule has 7 nitrogen and oxygen atoms in total. The van der Waals surface area contributed by atoms with Gasteiger partial charge in [0.25, 0.3) is 5.91 Å². The Morgan fingerprint density at radius 3 is 2.58 bits per heavy atom. The highest BCUT2D eigenvalue weighted by atomic mass is 35.5. The smallest absolute Gasteiger partial charge is 0.251 e. The highest BCUT2D eigenvalue weighted by Gasteiger charge is 2.16. The molecule has 0 radical (unpaired) electrons. The fraction of sp³-hybridized carbons (Fsp3) is 0.304. The first-order valence-electron chi connectivity index (χ1n) is 10.5. The van der Waals surface area contributed by atoms with Crippen molar-refractivity contribution in [2.75, 3.05) is 11.1 Å². The summed E-state index contributed by atoms with van der Waals surface area (Å²) in [5.41, 5.74) is 3.41. The number of aromatic nitrogens is 3.